The second-order valence-corrected chi connectivity index (χ2v) is 6.85. The molecule has 1 fully saturated rings. The van der Waals surface area contributed by atoms with Gasteiger partial charge in [0.05, 0.1) is 5.75 Å². The molecule has 106 valence electrons. The fraction of sp³-hybridized carbons (Fsp3) is 0.400. The number of benzene rings is 1. The van der Waals surface area contributed by atoms with Crippen molar-refractivity contribution in [1.29, 1.82) is 0 Å². The van der Waals surface area contributed by atoms with Gasteiger partial charge < -0.3 is 9.52 Å². The summed E-state index contributed by atoms with van der Waals surface area (Å²) < 4.78 is 17.9. The van der Waals surface area contributed by atoms with Gasteiger partial charge in [-0.15, -0.1) is 0 Å². The van der Waals surface area contributed by atoms with E-state index in [4.69, 9.17) is 4.42 Å². The third-order valence-corrected chi connectivity index (χ3v) is 5.59. The second-order valence-electron chi connectivity index (χ2n) is 5.13. The summed E-state index contributed by atoms with van der Waals surface area (Å²) in [6, 6.07) is 7.05. The third-order valence-electron chi connectivity index (χ3n) is 3.83. The van der Waals surface area contributed by atoms with Crippen LogP contribution in [0.5, 0.6) is 0 Å². The van der Waals surface area contributed by atoms with Crippen LogP contribution >= 0.6 is 0 Å². The van der Waals surface area contributed by atoms with Crippen LogP contribution in [-0.2, 0) is 16.6 Å². The normalized spacial score (nSPS) is 17.6. The van der Waals surface area contributed by atoms with Gasteiger partial charge in [-0.3, -0.25) is 4.21 Å². The lowest BCUT2D eigenvalue weighted by Crippen LogP contribution is -2.13. The van der Waals surface area contributed by atoms with Gasteiger partial charge in [-0.1, -0.05) is 31.0 Å². The van der Waals surface area contributed by atoms with Gasteiger partial charge in [0.1, 0.15) is 16.9 Å². The number of para-hydroxylation sites is 1. The van der Waals surface area contributed by atoms with E-state index in [1.54, 1.807) is 24.3 Å². The summed E-state index contributed by atoms with van der Waals surface area (Å²) in [5, 5.41) is 10.1. The molecular formula is C15H16O4S. The summed E-state index contributed by atoms with van der Waals surface area (Å²) in [5.74, 6) is -0.488. The van der Waals surface area contributed by atoms with Crippen LogP contribution in [0, 0.1) is 0 Å². The first-order valence-corrected chi connectivity index (χ1v) is 8.16. The zero-order valence-electron chi connectivity index (χ0n) is 11.0. The standard InChI is InChI=1S/C15H16O4S/c16-15(17)14-11-7-3-4-8-12(11)19-13(14)9-20(18)10-5-1-2-6-10/h3-4,7-8,10H,1-2,5-6,9H2,(H,16,17). The Bertz CT molecular complexity index is 668. The quantitative estimate of drug-likeness (QED) is 0.938. The number of aromatic carboxylic acids is 1. The minimum absolute atomic E-state index is 0.159. The molecule has 0 aliphatic heterocycles. The molecule has 1 N–H and O–H groups in total. The van der Waals surface area contributed by atoms with Gasteiger partial charge in [-0.2, -0.15) is 0 Å². The van der Waals surface area contributed by atoms with Crippen molar-refractivity contribution in [2.45, 2.75) is 36.7 Å². The summed E-state index contributed by atoms with van der Waals surface area (Å²) in [6.45, 7) is 0. The summed E-state index contributed by atoms with van der Waals surface area (Å²) >= 11 is 0. The zero-order chi connectivity index (χ0) is 14.1. The predicted octanol–water partition coefficient (Wildman–Crippen LogP) is 3.32. The summed E-state index contributed by atoms with van der Waals surface area (Å²) in [7, 11) is -1.06. The van der Waals surface area contributed by atoms with E-state index in [9.17, 15) is 14.1 Å². The van der Waals surface area contributed by atoms with Crippen LogP contribution in [0.15, 0.2) is 28.7 Å². The van der Waals surface area contributed by atoms with E-state index < -0.39 is 16.8 Å². The molecule has 2 aromatic rings. The van der Waals surface area contributed by atoms with Crippen LogP contribution < -0.4 is 0 Å². The number of hydrogen-bond donors (Lipinski definition) is 1. The Morgan fingerprint density at radius 1 is 1.30 bits per heavy atom. The number of rotatable bonds is 4. The minimum atomic E-state index is -1.06. The molecule has 1 unspecified atom stereocenters. The van der Waals surface area contributed by atoms with Crippen LogP contribution in [0.3, 0.4) is 0 Å². The summed E-state index contributed by atoms with van der Waals surface area (Å²) in [5.41, 5.74) is 0.704. The van der Waals surface area contributed by atoms with Crippen molar-refractivity contribution in [3.05, 3.63) is 35.6 Å². The van der Waals surface area contributed by atoms with Crippen LogP contribution in [0.1, 0.15) is 41.8 Å². The lowest BCUT2D eigenvalue weighted by molar-refractivity contribution is 0.0697. The fourth-order valence-electron chi connectivity index (χ4n) is 2.83. The van der Waals surface area contributed by atoms with Crippen LogP contribution in [-0.4, -0.2) is 20.5 Å². The highest BCUT2D eigenvalue weighted by Crippen LogP contribution is 2.30. The largest absolute Gasteiger partial charge is 0.478 e. The van der Waals surface area contributed by atoms with E-state index in [1.807, 2.05) is 0 Å². The Hall–Kier alpha value is -1.62. The SMILES string of the molecule is O=C(O)c1c(CS(=O)C2CCCC2)oc2ccccc12. The first kappa shape index (κ1) is 13.4. The fourth-order valence-corrected chi connectivity index (χ4v) is 4.39. The molecule has 1 aliphatic rings. The second kappa shape index (κ2) is 5.40. The van der Waals surface area contributed by atoms with E-state index in [2.05, 4.69) is 0 Å². The molecular weight excluding hydrogens is 276 g/mol. The highest BCUT2D eigenvalue weighted by Gasteiger charge is 2.26. The molecule has 5 heteroatoms. The van der Waals surface area contributed by atoms with Gasteiger partial charge >= 0.3 is 5.97 Å². The van der Waals surface area contributed by atoms with Crippen molar-refractivity contribution in [3.63, 3.8) is 0 Å². The minimum Gasteiger partial charge on any atom is -0.478 e. The average Bonchev–Trinajstić information content (AvgIpc) is 3.05. The zero-order valence-corrected chi connectivity index (χ0v) is 11.8. The van der Waals surface area contributed by atoms with Crippen molar-refractivity contribution in [3.8, 4) is 0 Å². The Kier molecular flexibility index (Phi) is 3.61. The van der Waals surface area contributed by atoms with Crippen molar-refractivity contribution < 1.29 is 18.5 Å². The molecule has 1 aromatic carbocycles. The first-order chi connectivity index (χ1) is 9.66. The van der Waals surface area contributed by atoms with Crippen molar-refractivity contribution in [2.24, 2.45) is 0 Å². The van der Waals surface area contributed by atoms with E-state index in [0.717, 1.165) is 25.7 Å². The van der Waals surface area contributed by atoms with E-state index in [0.29, 0.717) is 16.7 Å². The molecule has 1 aromatic heterocycles. The highest BCUT2D eigenvalue weighted by atomic mass is 32.2. The molecule has 1 heterocycles. The van der Waals surface area contributed by atoms with Gasteiger partial charge in [0.25, 0.3) is 0 Å². The molecule has 1 saturated carbocycles. The van der Waals surface area contributed by atoms with Crippen molar-refractivity contribution >= 4 is 27.7 Å². The number of hydrogen-bond acceptors (Lipinski definition) is 3. The molecule has 1 aliphatic carbocycles. The van der Waals surface area contributed by atoms with E-state index in [1.165, 1.54) is 0 Å². The number of carboxylic acid groups (broad SMARTS) is 1. The van der Waals surface area contributed by atoms with Crippen LogP contribution in [0.2, 0.25) is 0 Å². The molecule has 1 atom stereocenters. The van der Waals surface area contributed by atoms with E-state index in [-0.39, 0.29) is 16.6 Å². The molecule has 4 nitrogen and oxygen atoms in total. The number of fused-ring (bicyclic) bond motifs is 1. The smallest absolute Gasteiger partial charge is 0.339 e. The molecule has 0 amide bonds. The molecule has 0 spiro atoms. The molecule has 0 bridgehead atoms. The summed E-state index contributed by atoms with van der Waals surface area (Å²) in [6.07, 6.45) is 4.16. The Balaban J connectivity index is 1.96. The topological polar surface area (TPSA) is 67.5 Å². The molecule has 20 heavy (non-hydrogen) atoms. The van der Waals surface area contributed by atoms with Crippen molar-refractivity contribution in [1.82, 2.24) is 0 Å². The predicted molar refractivity (Wildman–Crippen MR) is 77.3 cm³/mol. The Morgan fingerprint density at radius 3 is 2.70 bits per heavy atom. The Morgan fingerprint density at radius 2 is 2.00 bits per heavy atom. The average molecular weight is 292 g/mol. The highest BCUT2D eigenvalue weighted by molar-refractivity contribution is 7.84. The lowest BCUT2D eigenvalue weighted by atomic mass is 10.1. The first-order valence-electron chi connectivity index (χ1n) is 6.77. The molecule has 3 rings (SSSR count). The Labute approximate surface area is 119 Å². The van der Waals surface area contributed by atoms with Gasteiger partial charge in [0.15, 0.2) is 0 Å². The van der Waals surface area contributed by atoms with Crippen molar-refractivity contribution in [2.75, 3.05) is 0 Å². The monoisotopic (exact) mass is 292 g/mol. The lowest BCUT2D eigenvalue weighted by Gasteiger charge is -2.07. The van der Waals surface area contributed by atoms with Gasteiger partial charge in [-0.05, 0) is 18.9 Å². The van der Waals surface area contributed by atoms with Crippen LogP contribution in [0.25, 0.3) is 11.0 Å². The maximum absolute atomic E-state index is 12.3. The van der Waals surface area contributed by atoms with E-state index >= 15 is 0 Å². The number of carbonyl (C=O) groups is 1. The molecule has 0 radical (unpaired) electrons. The van der Waals surface area contributed by atoms with Gasteiger partial charge in [-0.25, -0.2) is 4.79 Å². The number of carboxylic acids is 1. The van der Waals surface area contributed by atoms with Gasteiger partial charge in [0, 0.05) is 21.4 Å². The third kappa shape index (κ3) is 2.38. The number of furan rings is 1. The maximum atomic E-state index is 12.3. The maximum Gasteiger partial charge on any atom is 0.339 e. The molecule has 0 saturated heterocycles. The van der Waals surface area contributed by atoms with Crippen LogP contribution in [0.4, 0.5) is 0 Å². The summed E-state index contributed by atoms with van der Waals surface area (Å²) in [4.78, 5) is 11.4. The van der Waals surface area contributed by atoms with Gasteiger partial charge in [0.2, 0.25) is 0 Å².